The van der Waals surface area contributed by atoms with E-state index < -0.39 is 47.1 Å². The topological polar surface area (TPSA) is 275 Å². The van der Waals surface area contributed by atoms with E-state index >= 15 is 0 Å². The van der Waals surface area contributed by atoms with Crippen molar-refractivity contribution >= 4 is 80.3 Å². The van der Waals surface area contributed by atoms with Gasteiger partial charge < -0.3 is 61.8 Å². The number of fused-ring (bicyclic) bond motifs is 2. The first kappa shape index (κ1) is 60.3. The lowest BCUT2D eigenvalue weighted by Crippen LogP contribution is -2.59. The van der Waals surface area contributed by atoms with Gasteiger partial charge in [0, 0.05) is 49.1 Å². The molecule has 0 saturated carbocycles. The van der Waals surface area contributed by atoms with E-state index in [1.807, 2.05) is 41.5 Å². The average Bonchev–Trinajstić information content (AvgIpc) is 4.15. The molecule has 2 aromatic carbocycles. The molecule has 6 atom stereocenters. The Balaban J connectivity index is 0.984. The van der Waals surface area contributed by atoms with Crippen molar-refractivity contribution < 1.29 is 38.2 Å². The van der Waals surface area contributed by atoms with Crippen molar-refractivity contribution in [3.8, 4) is 11.5 Å². The Morgan fingerprint density at radius 2 is 0.949 bits per heavy atom. The third kappa shape index (κ3) is 15.0. The second-order valence-corrected chi connectivity index (χ2v) is 22.6. The Labute approximate surface area is 458 Å². The van der Waals surface area contributed by atoms with Gasteiger partial charge in [0.1, 0.15) is 60.0 Å². The molecule has 2 saturated heterocycles. The van der Waals surface area contributed by atoms with Gasteiger partial charge in [-0.25, -0.2) is 19.9 Å². The Bertz CT molecular complexity index is 2580. The largest absolute Gasteiger partial charge is 0.494 e. The van der Waals surface area contributed by atoms with Crippen LogP contribution in [-0.4, -0.2) is 156 Å². The maximum atomic E-state index is 14.0. The number of unbranched alkanes of at least 4 members (excludes halogenated alkanes) is 5. The van der Waals surface area contributed by atoms with Gasteiger partial charge in [-0.2, -0.15) is 0 Å². The van der Waals surface area contributed by atoms with E-state index in [-0.39, 0.29) is 35.4 Å². The minimum Gasteiger partial charge on any atom is -0.494 e. The SMILES string of the molecule is CN[C@@H](C)C(=O)N[C@H](C(=O)N1CCC[C@H]1C(=O)Nc1cc2c(NCCCCCCCCNc3ncnc4cc(OC)c(NC(=O)[C@@H]5CCCN5C(=O)[C@@H](NC(=O)[C@H](C)NC)C(C)(C)C)cc34)ncnc2cc1OC)C(C)(C)C. The van der Waals surface area contributed by atoms with Crippen molar-refractivity contribution in [2.45, 2.75) is 156 Å². The molecule has 0 aliphatic carbocycles. The van der Waals surface area contributed by atoms with Crippen molar-refractivity contribution in [1.29, 1.82) is 0 Å². The number of methoxy groups -OCH3 is 2. The van der Waals surface area contributed by atoms with Gasteiger partial charge >= 0.3 is 0 Å². The van der Waals surface area contributed by atoms with E-state index in [1.54, 1.807) is 62.0 Å². The lowest BCUT2D eigenvalue weighted by molar-refractivity contribution is -0.143. The fourth-order valence-electron chi connectivity index (χ4n) is 9.82. The number of ether oxygens (including phenoxy) is 2. The Kier molecular flexibility index (Phi) is 20.9. The van der Waals surface area contributed by atoms with Crippen LogP contribution in [0.5, 0.6) is 11.5 Å². The highest BCUT2D eigenvalue weighted by Gasteiger charge is 2.44. The highest BCUT2D eigenvalue weighted by molar-refractivity contribution is 6.04. The summed E-state index contributed by atoms with van der Waals surface area (Å²) in [6.45, 7) is 17.0. The zero-order chi connectivity index (χ0) is 56.9. The summed E-state index contributed by atoms with van der Waals surface area (Å²) in [6.07, 6.45) is 11.2. The third-order valence-electron chi connectivity index (χ3n) is 14.7. The van der Waals surface area contributed by atoms with Gasteiger partial charge in [0.2, 0.25) is 35.4 Å². The number of rotatable bonds is 25. The fourth-order valence-corrected chi connectivity index (χ4v) is 9.82. The number of nitrogens with one attached hydrogen (secondary N) is 8. The van der Waals surface area contributed by atoms with E-state index in [0.717, 1.165) is 38.5 Å². The highest BCUT2D eigenvalue weighted by Crippen LogP contribution is 2.36. The van der Waals surface area contributed by atoms with E-state index in [4.69, 9.17) is 9.47 Å². The Morgan fingerprint density at radius 1 is 0.577 bits per heavy atom. The van der Waals surface area contributed by atoms with Crippen LogP contribution in [0.3, 0.4) is 0 Å². The van der Waals surface area contributed by atoms with Gasteiger partial charge in [-0.1, -0.05) is 67.2 Å². The lowest BCUT2D eigenvalue weighted by Gasteiger charge is -2.36. The predicted octanol–water partition coefficient (Wildman–Crippen LogP) is 5.59. The predicted molar refractivity (Wildman–Crippen MR) is 303 cm³/mol. The fraction of sp³-hybridized carbons (Fsp3) is 0.607. The molecule has 2 aromatic heterocycles. The summed E-state index contributed by atoms with van der Waals surface area (Å²) in [4.78, 5) is 103. The van der Waals surface area contributed by atoms with Gasteiger partial charge in [0.05, 0.1) is 48.7 Å². The molecule has 2 aliphatic rings. The van der Waals surface area contributed by atoms with Crippen molar-refractivity contribution in [2.24, 2.45) is 10.8 Å². The number of hydrogen-bond donors (Lipinski definition) is 8. The average molecular weight is 1080 g/mol. The van der Waals surface area contributed by atoms with E-state index in [2.05, 4.69) is 62.5 Å². The molecule has 0 unspecified atom stereocenters. The van der Waals surface area contributed by atoms with Gasteiger partial charge in [-0.3, -0.25) is 28.8 Å². The van der Waals surface area contributed by atoms with Crippen molar-refractivity contribution in [1.82, 2.24) is 51.0 Å². The maximum Gasteiger partial charge on any atom is 0.247 e. The van der Waals surface area contributed by atoms with Crippen LogP contribution in [0.1, 0.15) is 120 Å². The van der Waals surface area contributed by atoms with Gasteiger partial charge in [-0.05, 0) is 89.4 Å². The van der Waals surface area contributed by atoms with Crippen LogP contribution in [0, 0.1) is 10.8 Å². The molecule has 22 nitrogen and oxygen atoms in total. The van der Waals surface area contributed by atoms with Gasteiger partial charge in [-0.15, -0.1) is 0 Å². The number of nitrogens with zero attached hydrogens (tertiary/aromatic N) is 6. The molecule has 2 fully saturated rings. The summed E-state index contributed by atoms with van der Waals surface area (Å²) < 4.78 is 11.4. The summed E-state index contributed by atoms with van der Waals surface area (Å²) >= 11 is 0. The zero-order valence-corrected chi connectivity index (χ0v) is 47.8. The number of likely N-dealkylation sites (tertiary alicyclic amines) is 2. The molecule has 22 heteroatoms. The summed E-state index contributed by atoms with van der Waals surface area (Å²) in [5.74, 6) is 0.244. The number of carbonyl (C=O) groups is 6. The smallest absolute Gasteiger partial charge is 0.247 e. The molecule has 6 rings (SSSR count). The lowest BCUT2D eigenvalue weighted by atomic mass is 9.85. The van der Waals surface area contributed by atoms with Crippen molar-refractivity contribution in [3.63, 3.8) is 0 Å². The van der Waals surface area contributed by atoms with E-state index in [1.165, 1.54) is 26.9 Å². The minimum absolute atomic E-state index is 0.291. The monoisotopic (exact) mass is 1080 g/mol. The standard InChI is InChI=1S/C56H84N14O8/c1-33(57-9)49(71)67-45(55(3,4)5)53(75)69-25-19-21-41(69)51(73)65-39-27-35-37(29-43(39)77-11)61-31-63-47(35)59-23-17-15-13-14-16-18-24-60-48-36-28-40(44(78-12)30-38(36)62-32-64-48)66-52(74)42-22-20-26-70(42)54(76)46(56(6,7)8)68-50(72)34(2)58-10/h27-34,41-42,45-46,57-58H,13-26H2,1-12H3,(H,65,73)(H,66,74)(H,67,71)(H,68,72)(H,59,61,63)(H,60,62,64)/t33-,34-,41-,42-,45+,46+/m0/s1. The Hall–Kier alpha value is -6.94. The third-order valence-corrected chi connectivity index (χ3v) is 14.7. The molecule has 6 amide bonds. The first-order valence-electron chi connectivity index (χ1n) is 27.4. The zero-order valence-electron chi connectivity index (χ0n) is 47.8. The highest BCUT2D eigenvalue weighted by atomic mass is 16.5. The molecule has 78 heavy (non-hydrogen) atoms. The summed E-state index contributed by atoms with van der Waals surface area (Å²) in [5, 5.41) is 26.1. The van der Waals surface area contributed by atoms with Crippen LogP contribution in [-0.2, 0) is 28.8 Å². The second kappa shape index (κ2) is 27.1. The van der Waals surface area contributed by atoms with Crippen LogP contribution >= 0.6 is 0 Å². The number of benzene rings is 2. The molecule has 8 N–H and O–H groups in total. The number of aromatic nitrogens is 4. The molecule has 0 spiro atoms. The molecule has 0 radical (unpaired) electrons. The number of hydrogen-bond acceptors (Lipinski definition) is 16. The van der Waals surface area contributed by atoms with Crippen LogP contribution in [0.25, 0.3) is 21.8 Å². The number of likely N-dealkylation sites (N-methyl/N-ethyl adjacent to an activating group) is 2. The molecule has 2 aliphatic heterocycles. The first-order chi connectivity index (χ1) is 37.1. The van der Waals surface area contributed by atoms with Crippen LogP contribution in [0.15, 0.2) is 36.9 Å². The van der Waals surface area contributed by atoms with Crippen molar-refractivity contribution in [3.05, 3.63) is 36.9 Å². The second-order valence-electron chi connectivity index (χ2n) is 22.6. The minimum atomic E-state index is -0.829. The quantitative estimate of drug-likeness (QED) is 0.0376. The molecular formula is C56H84N14O8. The van der Waals surface area contributed by atoms with Crippen LogP contribution in [0.2, 0.25) is 0 Å². The van der Waals surface area contributed by atoms with Gasteiger partial charge in [0.15, 0.2) is 0 Å². The summed E-state index contributed by atoms with van der Waals surface area (Å²) in [5.41, 5.74) is 0.957. The summed E-state index contributed by atoms with van der Waals surface area (Å²) in [7, 11) is 6.42. The molecule has 4 heterocycles. The normalized spacial score (nSPS) is 17.2. The van der Waals surface area contributed by atoms with Crippen LogP contribution in [0.4, 0.5) is 23.0 Å². The number of anilines is 4. The maximum absolute atomic E-state index is 14.0. The molecule has 426 valence electrons. The molecular weight excluding hydrogens is 997 g/mol. The summed E-state index contributed by atoms with van der Waals surface area (Å²) in [6, 6.07) is 3.02. The first-order valence-corrected chi connectivity index (χ1v) is 27.4. The van der Waals surface area contributed by atoms with Gasteiger partial charge in [0.25, 0.3) is 0 Å². The number of carbonyl (C=O) groups excluding carboxylic acids is 6. The number of amides is 6. The molecule has 0 bridgehead atoms. The van der Waals surface area contributed by atoms with Crippen molar-refractivity contribution in [2.75, 3.05) is 75.8 Å². The van der Waals surface area contributed by atoms with E-state index in [9.17, 15) is 28.8 Å². The Morgan fingerprint density at radius 3 is 1.29 bits per heavy atom. The van der Waals surface area contributed by atoms with Crippen LogP contribution < -0.4 is 52.0 Å². The molecule has 4 aromatic rings. The van der Waals surface area contributed by atoms with E-state index in [0.29, 0.717) is 108 Å².